The lowest BCUT2D eigenvalue weighted by atomic mass is 9.99. The van der Waals surface area contributed by atoms with Gasteiger partial charge in [-0.05, 0) is 13.0 Å². The van der Waals surface area contributed by atoms with Crippen molar-refractivity contribution in [3.8, 4) is 16.9 Å². The summed E-state index contributed by atoms with van der Waals surface area (Å²) in [5.41, 5.74) is 2.37. The van der Waals surface area contributed by atoms with Crippen LogP contribution < -0.4 is 5.73 Å². The molecular weight excluding hydrogens is 281 g/mol. The molecule has 20 heavy (non-hydrogen) atoms. The van der Waals surface area contributed by atoms with E-state index in [1.54, 1.807) is 0 Å². The SMILES string of the molecule is Cc1c(F)c(F)c(F)c(-c2cc(N)c(O)cc2F)c1F. The molecule has 7 heteroatoms. The number of phenols is 1. The number of phenolic OH excluding ortho intramolecular Hbond substituents is 1. The largest absolute Gasteiger partial charge is 0.506 e. The molecule has 0 heterocycles. The summed E-state index contributed by atoms with van der Waals surface area (Å²) < 4.78 is 67.7. The summed E-state index contributed by atoms with van der Waals surface area (Å²) >= 11 is 0. The third kappa shape index (κ3) is 1.95. The van der Waals surface area contributed by atoms with Crippen LogP contribution in [0.3, 0.4) is 0 Å². The Morgan fingerprint density at radius 2 is 1.50 bits per heavy atom. The molecule has 106 valence electrons. The number of anilines is 1. The van der Waals surface area contributed by atoms with Gasteiger partial charge in [0.2, 0.25) is 0 Å². The first-order valence-electron chi connectivity index (χ1n) is 5.36. The third-order valence-corrected chi connectivity index (χ3v) is 2.87. The summed E-state index contributed by atoms with van der Waals surface area (Å²) in [4.78, 5) is 0. The van der Waals surface area contributed by atoms with E-state index < -0.39 is 51.5 Å². The molecule has 0 aromatic heterocycles. The Labute approximate surface area is 110 Å². The molecule has 0 fully saturated rings. The highest BCUT2D eigenvalue weighted by molar-refractivity contribution is 5.72. The van der Waals surface area contributed by atoms with E-state index in [2.05, 4.69) is 0 Å². The zero-order chi connectivity index (χ0) is 15.2. The fourth-order valence-electron chi connectivity index (χ4n) is 1.76. The van der Waals surface area contributed by atoms with E-state index in [9.17, 15) is 27.1 Å². The van der Waals surface area contributed by atoms with Crippen molar-refractivity contribution in [2.24, 2.45) is 0 Å². The van der Waals surface area contributed by atoms with E-state index in [0.29, 0.717) is 6.07 Å². The topological polar surface area (TPSA) is 46.2 Å². The summed E-state index contributed by atoms with van der Waals surface area (Å²) in [6.45, 7) is 0.887. The first-order chi connectivity index (χ1) is 9.25. The van der Waals surface area contributed by atoms with Crippen LogP contribution in [0.4, 0.5) is 27.6 Å². The number of rotatable bonds is 1. The monoisotopic (exact) mass is 289 g/mol. The van der Waals surface area contributed by atoms with Crippen LogP contribution in [0.5, 0.6) is 5.75 Å². The smallest absolute Gasteiger partial charge is 0.195 e. The van der Waals surface area contributed by atoms with Gasteiger partial charge >= 0.3 is 0 Å². The summed E-state index contributed by atoms with van der Waals surface area (Å²) in [5, 5.41) is 9.18. The van der Waals surface area contributed by atoms with Gasteiger partial charge in [0.25, 0.3) is 0 Å². The Balaban J connectivity index is 2.87. The second kappa shape index (κ2) is 4.66. The molecule has 0 amide bonds. The fraction of sp³-hybridized carbons (Fsp3) is 0.0769. The van der Waals surface area contributed by atoms with Crippen LogP contribution in [0.2, 0.25) is 0 Å². The highest BCUT2D eigenvalue weighted by atomic mass is 19.2. The number of hydrogen-bond donors (Lipinski definition) is 2. The molecule has 0 aliphatic heterocycles. The first kappa shape index (κ1) is 14.1. The van der Waals surface area contributed by atoms with Gasteiger partial charge in [0.1, 0.15) is 17.4 Å². The Morgan fingerprint density at radius 3 is 2.10 bits per heavy atom. The highest BCUT2D eigenvalue weighted by Gasteiger charge is 2.26. The van der Waals surface area contributed by atoms with Crippen LogP contribution in [-0.4, -0.2) is 5.11 Å². The van der Waals surface area contributed by atoms with Gasteiger partial charge in [0.05, 0.1) is 11.3 Å². The van der Waals surface area contributed by atoms with Crippen molar-refractivity contribution in [1.82, 2.24) is 0 Å². The molecule has 2 aromatic rings. The van der Waals surface area contributed by atoms with Crippen molar-refractivity contribution in [1.29, 1.82) is 0 Å². The molecule has 0 aliphatic rings. The quantitative estimate of drug-likeness (QED) is 0.277. The second-order valence-electron chi connectivity index (χ2n) is 4.15. The van der Waals surface area contributed by atoms with Crippen LogP contribution in [0.25, 0.3) is 11.1 Å². The molecule has 0 radical (unpaired) electrons. The minimum atomic E-state index is -1.91. The maximum atomic E-state index is 13.9. The lowest BCUT2D eigenvalue weighted by molar-refractivity contribution is 0.431. The normalized spacial score (nSPS) is 10.9. The predicted molar refractivity (Wildman–Crippen MR) is 62.5 cm³/mol. The standard InChI is InChI=1S/C13H8F5NO/c1-4-10(15)9(12(17)13(18)11(4)16)5-2-7(19)8(20)3-6(5)14/h2-3,20H,19H2,1H3. The van der Waals surface area contributed by atoms with Gasteiger partial charge in [-0.15, -0.1) is 0 Å². The van der Waals surface area contributed by atoms with Crippen LogP contribution in [0, 0.1) is 36.0 Å². The Morgan fingerprint density at radius 1 is 0.900 bits per heavy atom. The molecule has 2 rings (SSSR count). The van der Waals surface area contributed by atoms with Gasteiger partial charge in [-0.1, -0.05) is 0 Å². The van der Waals surface area contributed by atoms with Gasteiger partial charge < -0.3 is 10.8 Å². The van der Waals surface area contributed by atoms with Crippen molar-refractivity contribution in [2.45, 2.75) is 6.92 Å². The average molecular weight is 289 g/mol. The number of nitrogen functional groups attached to an aromatic ring is 1. The number of halogens is 5. The fourth-order valence-corrected chi connectivity index (χ4v) is 1.76. The molecular formula is C13H8F5NO. The number of benzene rings is 2. The number of hydrogen-bond acceptors (Lipinski definition) is 2. The van der Waals surface area contributed by atoms with E-state index in [1.165, 1.54) is 0 Å². The molecule has 0 spiro atoms. The zero-order valence-electron chi connectivity index (χ0n) is 10.1. The third-order valence-electron chi connectivity index (χ3n) is 2.87. The Hall–Kier alpha value is -2.31. The molecule has 0 saturated carbocycles. The van der Waals surface area contributed by atoms with Crippen LogP contribution in [-0.2, 0) is 0 Å². The van der Waals surface area contributed by atoms with Crippen molar-refractivity contribution < 1.29 is 27.1 Å². The van der Waals surface area contributed by atoms with Crippen LogP contribution >= 0.6 is 0 Å². The predicted octanol–water partition coefficient (Wildman–Crippen LogP) is 3.65. The second-order valence-corrected chi connectivity index (χ2v) is 4.15. The highest BCUT2D eigenvalue weighted by Crippen LogP contribution is 2.36. The number of nitrogens with two attached hydrogens (primary N) is 1. The molecule has 2 aromatic carbocycles. The molecule has 3 N–H and O–H groups in total. The minimum Gasteiger partial charge on any atom is -0.506 e. The van der Waals surface area contributed by atoms with Crippen molar-refractivity contribution in [3.63, 3.8) is 0 Å². The molecule has 0 bridgehead atoms. The van der Waals surface area contributed by atoms with Crippen molar-refractivity contribution in [3.05, 3.63) is 46.8 Å². The maximum absolute atomic E-state index is 13.9. The van der Waals surface area contributed by atoms with E-state index >= 15 is 0 Å². The zero-order valence-corrected chi connectivity index (χ0v) is 10.1. The summed E-state index contributed by atoms with van der Waals surface area (Å²) in [7, 11) is 0. The summed E-state index contributed by atoms with van der Waals surface area (Å²) in [6.07, 6.45) is 0. The van der Waals surface area contributed by atoms with E-state index in [1.807, 2.05) is 0 Å². The average Bonchev–Trinajstić information content (AvgIpc) is 2.40. The van der Waals surface area contributed by atoms with Crippen molar-refractivity contribution in [2.75, 3.05) is 5.73 Å². The first-order valence-corrected chi connectivity index (χ1v) is 5.36. The molecule has 0 aliphatic carbocycles. The summed E-state index contributed by atoms with van der Waals surface area (Å²) in [6, 6.07) is 1.27. The van der Waals surface area contributed by atoms with Gasteiger partial charge in [-0.25, -0.2) is 22.0 Å². The van der Waals surface area contributed by atoms with Crippen molar-refractivity contribution >= 4 is 5.69 Å². The number of aromatic hydroxyl groups is 1. The van der Waals surface area contributed by atoms with Gasteiger partial charge in [-0.2, -0.15) is 0 Å². The molecule has 0 atom stereocenters. The molecule has 0 unspecified atom stereocenters. The van der Waals surface area contributed by atoms with Gasteiger partial charge in [-0.3, -0.25) is 0 Å². The molecule has 0 saturated heterocycles. The Kier molecular flexibility index (Phi) is 3.29. The van der Waals surface area contributed by atoms with Crippen LogP contribution in [0.15, 0.2) is 12.1 Å². The van der Waals surface area contributed by atoms with E-state index in [0.717, 1.165) is 13.0 Å². The van der Waals surface area contributed by atoms with E-state index in [-0.39, 0.29) is 5.69 Å². The van der Waals surface area contributed by atoms with Gasteiger partial charge in [0.15, 0.2) is 17.5 Å². The summed E-state index contributed by atoms with van der Waals surface area (Å²) in [5.74, 6) is -8.76. The van der Waals surface area contributed by atoms with E-state index in [4.69, 9.17) is 5.73 Å². The maximum Gasteiger partial charge on any atom is 0.195 e. The van der Waals surface area contributed by atoms with Crippen LogP contribution in [0.1, 0.15) is 5.56 Å². The Bertz CT molecular complexity index is 686. The lowest BCUT2D eigenvalue weighted by Crippen LogP contribution is -2.04. The molecule has 2 nitrogen and oxygen atoms in total. The lowest BCUT2D eigenvalue weighted by Gasteiger charge is -2.12. The minimum absolute atomic E-state index is 0.359. The van der Waals surface area contributed by atoms with Gasteiger partial charge in [0, 0.05) is 17.2 Å².